The first-order valence-corrected chi connectivity index (χ1v) is 14.0. The number of nitriles is 1. The third kappa shape index (κ3) is 4.47. The molecule has 0 aliphatic carbocycles. The Morgan fingerprint density at radius 2 is 1.93 bits per heavy atom. The molecule has 9 heteroatoms. The molecule has 3 aliphatic heterocycles. The molecule has 2 fully saturated rings. The van der Waals surface area contributed by atoms with E-state index in [9.17, 15) is 5.26 Å². The summed E-state index contributed by atoms with van der Waals surface area (Å²) < 4.78 is 20.8. The Hall–Kier alpha value is -4.00. The van der Waals surface area contributed by atoms with Crippen molar-refractivity contribution in [3.8, 4) is 17.6 Å². The SMILES string of the molecule is Cc1ccc(C2(C)Oc3cccc(C4CCN(Cc5nc6cc(C#N)ncc6n5C[C@@H]5CCO5)CC4)c3O2)cn1. The van der Waals surface area contributed by atoms with Crippen LogP contribution in [0.3, 0.4) is 0 Å². The fourth-order valence-electron chi connectivity index (χ4n) is 6.02. The van der Waals surface area contributed by atoms with E-state index in [2.05, 4.69) is 37.6 Å². The predicted octanol–water partition coefficient (Wildman–Crippen LogP) is 4.82. The molecule has 0 amide bonds. The van der Waals surface area contributed by atoms with Crippen LogP contribution in [0.1, 0.15) is 60.4 Å². The molecule has 0 radical (unpaired) electrons. The van der Waals surface area contributed by atoms with Crippen molar-refractivity contribution in [1.29, 1.82) is 5.26 Å². The van der Waals surface area contributed by atoms with Crippen molar-refractivity contribution in [2.24, 2.45) is 0 Å². The van der Waals surface area contributed by atoms with Crippen molar-refractivity contribution < 1.29 is 14.2 Å². The number of fused-ring (bicyclic) bond motifs is 2. The second-order valence-electron chi connectivity index (χ2n) is 11.2. The highest BCUT2D eigenvalue weighted by Gasteiger charge is 2.41. The first kappa shape index (κ1) is 25.0. The summed E-state index contributed by atoms with van der Waals surface area (Å²) in [5, 5.41) is 9.31. The van der Waals surface area contributed by atoms with Crippen molar-refractivity contribution >= 4 is 11.0 Å². The van der Waals surface area contributed by atoms with E-state index in [1.54, 1.807) is 12.3 Å². The lowest BCUT2D eigenvalue weighted by atomic mass is 9.88. The van der Waals surface area contributed by atoms with Gasteiger partial charge >= 0.3 is 0 Å². The van der Waals surface area contributed by atoms with Gasteiger partial charge in [0.05, 0.1) is 42.0 Å². The molecule has 0 bridgehead atoms. The second kappa shape index (κ2) is 9.88. The van der Waals surface area contributed by atoms with Crippen LogP contribution in [-0.2, 0) is 23.6 Å². The maximum absolute atomic E-state index is 9.31. The van der Waals surface area contributed by atoms with Crippen molar-refractivity contribution in [1.82, 2.24) is 24.4 Å². The predicted molar refractivity (Wildman–Crippen MR) is 148 cm³/mol. The number of aromatic nitrogens is 4. The Kier molecular flexibility index (Phi) is 6.17. The van der Waals surface area contributed by atoms with Crippen LogP contribution < -0.4 is 9.47 Å². The Labute approximate surface area is 233 Å². The summed E-state index contributed by atoms with van der Waals surface area (Å²) in [4.78, 5) is 16.1. The number of ether oxygens (including phenoxy) is 3. The molecule has 6 heterocycles. The monoisotopic (exact) mass is 536 g/mol. The molecule has 4 aromatic rings. The zero-order valence-corrected chi connectivity index (χ0v) is 22.8. The highest BCUT2D eigenvalue weighted by Crippen LogP contribution is 2.49. The zero-order valence-electron chi connectivity index (χ0n) is 22.8. The van der Waals surface area contributed by atoms with E-state index in [0.29, 0.717) is 11.6 Å². The summed E-state index contributed by atoms with van der Waals surface area (Å²) in [6, 6.07) is 14.2. The summed E-state index contributed by atoms with van der Waals surface area (Å²) in [7, 11) is 0. The molecule has 0 saturated carbocycles. The maximum atomic E-state index is 9.31. The lowest BCUT2D eigenvalue weighted by Crippen LogP contribution is -2.35. The van der Waals surface area contributed by atoms with Gasteiger partial charge in [0.25, 0.3) is 5.79 Å². The average molecular weight is 537 g/mol. The summed E-state index contributed by atoms with van der Waals surface area (Å²) in [6.07, 6.45) is 6.92. The Morgan fingerprint density at radius 1 is 1.07 bits per heavy atom. The van der Waals surface area contributed by atoms with Crippen molar-refractivity contribution in [3.63, 3.8) is 0 Å². The van der Waals surface area contributed by atoms with Gasteiger partial charge in [-0.15, -0.1) is 0 Å². The minimum atomic E-state index is -0.886. The highest BCUT2D eigenvalue weighted by molar-refractivity contribution is 5.76. The quantitative estimate of drug-likeness (QED) is 0.346. The number of piperidine rings is 1. The van der Waals surface area contributed by atoms with Gasteiger partial charge in [-0.2, -0.15) is 5.26 Å². The van der Waals surface area contributed by atoms with Gasteiger partial charge in [-0.3, -0.25) is 9.88 Å². The van der Waals surface area contributed by atoms with E-state index >= 15 is 0 Å². The number of likely N-dealkylation sites (tertiary alicyclic amines) is 1. The topological polar surface area (TPSA) is 98.3 Å². The minimum Gasteiger partial charge on any atom is -0.444 e. The van der Waals surface area contributed by atoms with E-state index < -0.39 is 5.79 Å². The number of aryl methyl sites for hydroxylation is 1. The van der Waals surface area contributed by atoms with Gasteiger partial charge in [0.2, 0.25) is 0 Å². The summed E-state index contributed by atoms with van der Waals surface area (Å²) >= 11 is 0. The van der Waals surface area contributed by atoms with Crippen LogP contribution in [0.4, 0.5) is 0 Å². The molecular weight excluding hydrogens is 504 g/mol. The lowest BCUT2D eigenvalue weighted by molar-refractivity contribution is -0.0688. The van der Waals surface area contributed by atoms with Gasteiger partial charge in [0.15, 0.2) is 11.5 Å². The molecule has 3 aromatic heterocycles. The van der Waals surface area contributed by atoms with Gasteiger partial charge < -0.3 is 18.8 Å². The van der Waals surface area contributed by atoms with E-state index in [0.717, 1.165) is 91.7 Å². The molecule has 40 heavy (non-hydrogen) atoms. The molecule has 1 aromatic carbocycles. The molecule has 0 N–H and O–H groups in total. The normalized spacial score (nSPS) is 22.8. The molecule has 9 nitrogen and oxygen atoms in total. The van der Waals surface area contributed by atoms with Crippen molar-refractivity contribution in [3.05, 3.63) is 77.1 Å². The third-order valence-corrected chi connectivity index (χ3v) is 8.45. The molecule has 0 spiro atoms. The molecule has 1 unspecified atom stereocenters. The number of hydrogen-bond acceptors (Lipinski definition) is 8. The van der Waals surface area contributed by atoms with Crippen molar-refractivity contribution in [2.45, 2.75) is 64.0 Å². The van der Waals surface area contributed by atoms with Crippen LogP contribution in [0, 0.1) is 18.3 Å². The molecule has 2 atom stereocenters. The molecule has 3 aliphatic rings. The number of nitrogens with zero attached hydrogens (tertiary/aromatic N) is 6. The fraction of sp³-hybridized carbons (Fsp3) is 0.419. The first-order valence-electron chi connectivity index (χ1n) is 14.0. The average Bonchev–Trinajstić information content (AvgIpc) is 3.47. The van der Waals surface area contributed by atoms with E-state index in [1.807, 2.05) is 38.2 Å². The van der Waals surface area contributed by atoms with Gasteiger partial charge in [-0.1, -0.05) is 12.1 Å². The molecule has 7 rings (SSSR count). The number of hydrogen-bond donors (Lipinski definition) is 0. The number of imidazole rings is 1. The lowest BCUT2D eigenvalue weighted by Gasteiger charge is -2.33. The van der Waals surface area contributed by atoms with E-state index in [1.165, 1.54) is 5.56 Å². The molecule has 2 saturated heterocycles. The standard InChI is InChI=1S/C31H32N6O3/c1-20-6-7-22(16-33-20)31(2)39-28-5-3-4-25(30(28)40-31)21-8-11-36(12-9-21)19-29-35-26-14-23(15-32)34-17-27(26)37(29)18-24-10-13-38-24/h3-7,14,16-17,21,24H,8-13,18-19H2,1-2H3/t24-,31?/m0/s1. The number of benzene rings is 1. The van der Waals surface area contributed by atoms with Crippen LogP contribution in [0.25, 0.3) is 11.0 Å². The largest absolute Gasteiger partial charge is 0.444 e. The second-order valence-corrected chi connectivity index (χ2v) is 11.2. The smallest absolute Gasteiger partial charge is 0.277 e. The zero-order chi connectivity index (χ0) is 27.3. The number of pyridine rings is 2. The first-order chi connectivity index (χ1) is 19.5. The van der Waals surface area contributed by atoms with Crippen molar-refractivity contribution in [2.75, 3.05) is 19.7 Å². The van der Waals surface area contributed by atoms with E-state index in [-0.39, 0.29) is 6.10 Å². The highest BCUT2D eigenvalue weighted by atomic mass is 16.7. The summed E-state index contributed by atoms with van der Waals surface area (Å²) in [6.45, 7) is 8.18. The van der Waals surface area contributed by atoms with Gasteiger partial charge in [0.1, 0.15) is 17.6 Å². The van der Waals surface area contributed by atoms with Crippen LogP contribution in [0.2, 0.25) is 0 Å². The van der Waals surface area contributed by atoms with E-state index in [4.69, 9.17) is 19.2 Å². The number of para-hydroxylation sites is 1. The Morgan fingerprint density at radius 3 is 2.65 bits per heavy atom. The van der Waals surface area contributed by atoms with Crippen LogP contribution in [-0.4, -0.2) is 50.2 Å². The molecule has 204 valence electrons. The van der Waals surface area contributed by atoms with Crippen LogP contribution in [0.15, 0.2) is 48.8 Å². The van der Waals surface area contributed by atoms with Gasteiger partial charge in [-0.05, 0) is 63.4 Å². The Balaban J connectivity index is 1.07. The Bertz CT molecular complexity index is 1600. The van der Waals surface area contributed by atoms with Gasteiger partial charge in [0, 0.05) is 37.1 Å². The molecular formula is C31H32N6O3. The summed E-state index contributed by atoms with van der Waals surface area (Å²) in [5.41, 5.74) is 5.25. The number of rotatable bonds is 6. The van der Waals surface area contributed by atoms with Crippen LogP contribution >= 0.6 is 0 Å². The summed E-state index contributed by atoms with van der Waals surface area (Å²) in [5.74, 6) is 2.15. The van der Waals surface area contributed by atoms with Gasteiger partial charge in [-0.25, -0.2) is 9.97 Å². The maximum Gasteiger partial charge on any atom is 0.277 e. The third-order valence-electron chi connectivity index (χ3n) is 8.45. The fourth-order valence-corrected chi connectivity index (χ4v) is 6.02. The van der Waals surface area contributed by atoms with Crippen LogP contribution in [0.5, 0.6) is 11.5 Å². The minimum absolute atomic E-state index is 0.210.